The van der Waals surface area contributed by atoms with Crippen molar-refractivity contribution in [2.45, 2.75) is 25.3 Å². The number of fused-ring (bicyclic) bond motifs is 1. The fraction of sp³-hybridized carbons (Fsp3) is 0.167. The highest BCUT2D eigenvalue weighted by Crippen LogP contribution is 2.21. The number of amides is 1. The molecule has 0 fully saturated rings. The predicted octanol–water partition coefficient (Wildman–Crippen LogP) is 2.54. The van der Waals surface area contributed by atoms with Crippen LogP contribution in [0.1, 0.15) is 11.3 Å². The number of para-hydroxylation sites is 1. The first-order chi connectivity index (χ1) is 11.8. The van der Waals surface area contributed by atoms with Crippen molar-refractivity contribution in [3.05, 3.63) is 59.8 Å². The van der Waals surface area contributed by atoms with Gasteiger partial charge < -0.3 is 9.88 Å². The van der Waals surface area contributed by atoms with Crippen LogP contribution in [0.4, 0.5) is 5.69 Å². The molecule has 0 spiro atoms. The molecule has 0 unspecified atom stereocenters. The van der Waals surface area contributed by atoms with E-state index in [1.807, 2.05) is 41.8 Å². The van der Waals surface area contributed by atoms with Gasteiger partial charge in [0, 0.05) is 16.9 Å². The molecule has 0 aliphatic rings. The first-order valence-corrected chi connectivity index (χ1v) is 9.28. The summed E-state index contributed by atoms with van der Waals surface area (Å²) in [5.41, 5.74) is 2.89. The third-order valence-electron chi connectivity index (χ3n) is 4.10. The second kappa shape index (κ2) is 6.34. The number of nitrogens with one attached hydrogen (secondary N) is 1. The molecule has 6 nitrogen and oxygen atoms in total. The van der Waals surface area contributed by atoms with Gasteiger partial charge in [-0.1, -0.05) is 24.3 Å². The van der Waals surface area contributed by atoms with Crippen LogP contribution in [-0.2, 0) is 21.4 Å². The van der Waals surface area contributed by atoms with Crippen LogP contribution in [0.5, 0.6) is 0 Å². The zero-order chi connectivity index (χ0) is 18.2. The average Bonchev–Trinajstić information content (AvgIpc) is 2.84. The number of benzene rings is 2. The number of sulfonamides is 1. The Labute approximate surface area is 146 Å². The maximum Gasteiger partial charge on any atom is 0.244 e. The maximum atomic E-state index is 12.4. The molecule has 130 valence electrons. The Kier molecular flexibility index (Phi) is 4.36. The van der Waals surface area contributed by atoms with Crippen molar-refractivity contribution in [1.82, 2.24) is 4.57 Å². The quantitative estimate of drug-likeness (QED) is 0.751. The van der Waals surface area contributed by atoms with Crippen LogP contribution in [0.25, 0.3) is 10.9 Å². The number of aromatic nitrogens is 1. The zero-order valence-electron chi connectivity index (χ0n) is 14.0. The van der Waals surface area contributed by atoms with Crippen LogP contribution in [0, 0.1) is 13.8 Å². The Balaban J connectivity index is 1.85. The zero-order valence-corrected chi connectivity index (χ0v) is 14.8. The number of carbonyl (C=O) groups is 1. The van der Waals surface area contributed by atoms with Gasteiger partial charge in [0.15, 0.2) is 0 Å². The predicted molar refractivity (Wildman–Crippen MR) is 97.9 cm³/mol. The summed E-state index contributed by atoms with van der Waals surface area (Å²) in [6.45, 7) is 3.73. The molecule has 0 aliphatic carbocycles. The fourth-order valence-corrected chi connectivity index (χ4v) is 3.69. The first kappa shape index (κ1) is 17.2. The summed E-state index contributed by atoms with van der Waals surface area (Å²) in [4.78, 5) is 12.4. The van der Waals surface area contributed by atoms with Crippen molar-refractivity contribution in [2.75, 3.05) is 5.32 Å². The number of aryl methyl sites for hydroxylation is 2. The van der Waals surface area contributed by atoms with E-state index >= 15 is 0 Å². The van der Waals surface area contributed by atoms with Crippen LogP contribution in [0.3, 0.4) is 0 Å². The fourth-order valence-electron chi connectivity index (χ4n) is 2.89. The first-order valence-electron chi connectivity index (χ1n) is 7.74. The van der Waals surface area contributed by atoms with Gasteiger partial charge in [-0.15, -0.1) is 0 Å². The Morgan fingerprint density at radius 3 is 2.56 bits per heavy atom. The number of anilines is 1. The van der Waals surface area contributed by atoms with Crippen molar-refractivity contribution in [2.24, 2.45) is 5.14 Å². The largest absolute Gasteiger partial charge is 0.335 e. The summed E-state index contributed by atoms with van der Waals surface area (Å²) < 4.78 is 25.1. The molecule has 2 aromatic carbocycles. The number of nitrogens with two attached hydrogens (primary N) is 1. The molecule has 25 heavy (non-hydrogen) atoms. The lowest BCUT2D eigenvalue weighted by molar-refractivity contribution is -0.116. The summed E-state index contributed by atoms with van der Waals surface area (Å²) >= 11 is 0. The molecule has 0 saturated heterocycles. The lowest BCUT2D eigenvalue weighted by Crippen LogP contribution is -2.20. The molecular formula is C18H19N3O3S. The van der Waals surface area contributed by atoms with Gasteiger partial charge in [-0.2, -0.15) is 0 Å². The number of carbonyl (C=O) groups excluding carboxylic acids is 1. The summed E-state index contributed by atoms with van der Waals surface area (Å²) in [6, 6.07) is 14.5. The molecule has 7 heteroatoms. The van der Waals surface area contributed by atoms with E-state index in [-0.39, 0.29) is 17.3 Å². The Hall–Kier alpha value is -2.64. The van der Waals surface area contributed by atoms with Gasteiger partial charge in [-0.05, 0) is 49.1 Å². The molecular weight excluding hydrogens is 338 g/mol. The van der Waals surface area contributed by atoms with E-state index in [1.54, 1.807) is 19.1 Å². The van der Waals surface area contributed by atoms with Gasteiger partial charge in [0.2, 0.25) is 15.9 Å². The Morgan fingerprint density at radius 1 is 1.12 bits per heavy atom. The molecule has 1 amide bonds. The van der Waals surface area contributed by atoms with E-state index < -0.39 is 10.0 Å². The smallest absolute Gasteiger partial charge is 0.244 e. The van der Waals surface area contributed by atoms with Gasteiger partial charge in [-0.25, -0.2) is 13.6 Å². The molecule has 0 radical (unpaired) electrons. The lowest BCUT2D eigenvalue weighted by Gasteiger charge is -2.11. The maximum absolute atomic E-state index is 12.4. The highest BCUT2D eigenvalue weighted by Gasteiger charge is 2.14. The van der Waals surface area contributed by atoms with Crippen molar-refractivity contribution >= 4 is 32.5 Å². The second-order valence-corrected chi connectivity index (χ2v) is 7.53. The second-order valence-electron chi connectivity index (χ2n) is 6.00. The molecule has 0 saturated carbocycles. The molecule has 0 atom stereocenters. The third-order valence-corrected chi connectivity index (χ3v) is 5.15. The Morgan fingerprint density at radius 2 is 1.84 bits per heavy atom. The molecule has 3 rings (SSSR count). The van der Waals surface area contributed by atoms with Crippen molar-refractivity contribution in [3.8, 4) is 0 Å². The van der Waals surface area contributed by atoms with Gasteiger partial charge in [-0.3, -0.25) is 4.79 Å². The highest BCUT2D eigenvalue weighted by molar-refractivity contribution is 7.89. The molecule has 0 bridgehead atoms. The summed E-state index contributed by atoms with van der Waals surface area (Å²) in [7, 11) is -3.83. The standard InChI is InChI=1S/C18H19N3O3S/c1-12-7-8-15(10-17(12)25(19,23)24)20-18(22)11-21-13(2)9-14-5-3-4-6-16(14)21/h3-10H,11H2,1-2H3,(H,20,22)(H2,19,23,24). The van der Waals surface area contributed by atoms with Crippen molar-refractivity contribution in [3.63, 3.8) is 0 Å². The molecule has 1 heterocycles. The van der Waals surface area contributed by atoms with Gasteiger partial charge >= 0.3 is 0 Å². The molecule has 3 aromatic rings. The average molecular weight is 357 g/mol. The van der Waals surface area contributed by atoms with Crippen molar-refractivity contribution in [1.29, 1.82) is 0 Å². The Bertz CT molecular complexity index is 1070. The molecule has 3 N–H and O–H groups in total. The van der Waals surface area contributed by atoms with E-state index in [0.29, 0.717) is 11.3 Å². The minimum atomic E-state index is -3.83. The number of nitrogens with zero attached hydrogens (tertiary/aromatic N) is 1. The van der Waals surface area contributed by atoms with E-state index in [0.717, 1.165) is 16.6 Å². The SMILES string of the molecule is Cc1ccc(NC(=O)Cn2c(C)cc3ccccc32)cc1S(N)(=O)=O. The summed E-state index contributed by atoms with van der Waals surface area (Å²) in [6.07, 6.45) is 0. The van der Waals surface area contributed by atoms with Gasteiger partial charge in [0.1, 0.15) is 6.54 Å². The van der Waals surface area contributed by atoms with Crippen molar-refractivity contribution < 1.29 is 13.2 Å². The minimum absolute atomic E-state index is 0.00731. The number of hydrogen-bond donors (Lipinski definition) is 2. The highest BCUT2D eigenvalue weighted by atomic mass is 32.2. The lowest BCUT2D eigenvalue weighted by atomic mass is 10.2. The number of rotatable bonds is 4. The van der Waals surface area contributed by atoms with E-state index in [1.165, 1.54) is 6.07 Å². The van der Waals surface area contributed by atoms with Gasteiger partial charge in [0.25, 0.3) is 0 Å². The van der Waals surface area contributed by atoms with Crippen LogP contribution >= 0.6 is 0 Å². The van der Waals surface area contributed by atoms with Gasteiger partial charge in [0.05, 0.1) is 4.90 Å². The summed E-state index contributed by atoms with van der Waals surface area (Å²) in [5.74, 6) is -0.242. The van der Waals surface area contributed by atoms with Crippen LogP contribution in [-0.4, -0.2) is 18.9 Å². The minimum Gasteiger partial charge on any atom is -0.335 e. The third kappa shape index (κ3) is 3.57. The van der Waals surface area contributed by atoms with Crippen LogP contribution in [0.15, 0.2) is 53.4 Å². The molecule has 0 aliphatic heterocycles. The monoisotopic (exact) mass is 357 g/mol. The molecule has 1 aromatic heterocycles. The van der Waals surface area contributed by atoms with Crippen LogP contribution < -0.4 is 10.5 Å². The van der Waals surface area contributed by atoms with E-state index in [9.17, 15) is 13.2 Å². The topological polar surface area (TPSA) is 94.2 Å². The van der Waals surface area contributed by atoms with E-state index in [4.69, 9.17) is 5.14 Å². The number of hydrogen-bond acceptors (Lipinski definition) is 3. The van der Waals surface area contributed by atoms with Crippen LogP contribution in [0.2, 0.25) is 0 Å². The number of primary sulfonamides is 1. The normalized spacial score (nSPS) is 11.6. The van der Waals surface area contributed by atoms with E-state index in [2.05, 4.69) is 5.32 Å². The summed E-state index contributed by atoms with van der Waals surface area (Å²) in [5, 5.41) is 9.01.